The van der Waals surface area contributed by atoms with Crippen molar-refractivity contribution >= 4 is 34.4 Å². The second-order valence-electron chi connectivity index (χ2n) is 6.88. The fourth-order valence-electron chi connectivity index (χ4n) is 2.85. The molecule has 3 heterocycles. The third kappa shape index (κ3) is 3.93. The number of fused-ring (bicyclic) bond motifs is 1. The van der Waals surface area contributed by atoms with E-state index in [0.29, 0.717) is 23.8 Å². The van der Waals surface area contributed by atoms with Gasteiger partial charge in [-0.15, -0.1) is 0 Å². The van der Waals surface area contributed by atoms with Crippen LogP contribution < -0.4 is 16.2 Å². The Morgan fingerprint density at radius 2 is 1.96 bits per heavy atom. The van der Waals surface area contributed by atoms with Crippen molar-refractivity contribution in [1.82, 2.24) is 14.5 Å². The highest BCUT2D eigenvalue weighted by atomic mass is 16.3. The van der Waals surface area contributed by atoms with Crippen LogP contribution >= 0.6 is 0 Å². The molecular formula is C19H21N5O4. The van der Waals surface area contributed by atoms with E-state index in [4.69, 9.17) is 4.42 Å². The van der Waals surface area contributed by atoms with Crippen LogP contribution in [-0.4, -0.2) is 26.3 Å². The molecule has 0 bridgehead atoms. The highest BCUT2D eigenvalue weighted by molar-refractivity contribution is 6.12. The molecule has 28 heavy (non-hydrogen) atoms. The maximum Gasteiger partial charge on any atom is 0.265 e. The SMILES string of the molecule is CC(=O)Nc1ccc(NC(=O)c2c(C)oc3ncn(CC(C)C)c(=O)c23)cn1. The number of anilines is 2. The van der Waals surface area contributed by atoms with E-state index in [0.717, 1.165) is 0 Å². The summed E-state index contributed by atoms with van der Waals surface area (Å²) < 4.78 is 6.99. The summed E-state index contributed by atoms with van der Waals surface area (Å²) in [5.41, 5.74) is 0.377. The summed E-state index contributed by atoms with van der Waals surface area (Å²) in [6, 6.07) is 3.16. The quantitative estimate of drug-likeness (QED) is 0.699. The Kier molecular flexibility index (Phi) is 5.25. The molecule has 9 heteroatoms. The molecule has 2 amide bonds. The van der Waals surface area contributed by atoms with Gasteiger partial charge in [-0.2, -0.15) is 0 Å². The van der Waals surface area contributed by atoms with E-state index >= 15 is 0 Å². The second kappa shape index (κ2) is 7.63. The first-order valence-electron chi connectivity index (χ1n) is 8.79. The first-order chi connectivity index (χ1) is 13.3. The molecule has 0 unspecified atom stereocenters. The Morgan fingerprint density at radius 1 is 1.21 bits per heavy atom. The third-order valence-corrected chi connectivity index (χ3v) is 3.97. The normalized spacial score (nSPS) is 11.0. The van der Waals surface area contributed by atoms with E-state index in [-0.39, 0.29) is 34.0 Å². The number of nitrogens with one attached hydrogen (secondary N) is 2. The number of hydrogen-bond donors (Lipinski definition) is 2. The molecule has 0 fully saturated rings. The molecule has 2 N–H and O–H groups in total. The van der Waals surface area contributed by atoms with Crippen molar-refractivity contribution in [2.24, 2.45) is 5.92 Å². The van der Waals surface area contributed by atoms with E-state index < -0.39 is 5.91 Å². The Hall–Kier alpha value is -3.49. The third-order valence-electron chi connectivity index (χ3n) is 3.97. The van der Waals surface area contributed by atoms with Gasteiger partial charge in [-0.3, -0.25) is 19.0 Å². The van der Waals surface area contributed by atoms with Gasteiger partial charge in [0.05, 0.1) is 17.4 Å². The van der Waals surface area contributed by atoms with Gasteiger partial charge < -0.3 is 15.1 Å². The molecule has 0 atom stereocenters. The molecule has 146 valence electrons. The van der Waals surface area contributed by atoms with Gasteiger partial charge in [-0.25, -0.2) is 9.97 Å². The molecule has 0 aromatic carbocycles. The fourth-order valence-corrected chi connectivity index (χ4v) is 2.85. The van der Waals surface area contributed by atoms with Crippen molar-refractivity contribution in [3.63, 3.8) is 0 Å². The minimum atomic E-state index is -0.494. The average molecular weight is 383 g/mol. The van der Waals surface area contributed by atoms with E-state index in [2.05, 4.69) is 20.6 Å². The van der Waals surface area contributed by atoms with E-state index in [1.165, 1.54) is 24.0 Å². The van der Waals surface area contributed by atoms with Gasteiger partial charge in [-0.1, -0.05) is 13.8 Å². The van der Waals surface area contributed by atoms with Gasteiger partial charge in [-0.05, 0) is 25.0 Å². The molecule has 9 nitrogen and oxygen atoms in total. The first kappa shape index (κ1) is 19.3. The molecule has 3 aromatic rings. The Morgan fingerprint density at radius 3 is 2.57 bits per heavy atom. The minimum Gasteiger partial charge on any atom is -0.442 e. The lowest BCUT2D eigenvalue weighted by molar-refractivity contribution is -0.114. The number of nitrogens with zero attached hydrogens (tertiary/aromatic N) is 3. The van der Waals surface area contributed by atoms with Gasteiger partial charge >= 0.3 is 0 Å². The van der Waals surface area contributed by atoms with Crippen LogP contribution in [0.25, 0.3) is 11.1 Å². The van der Waals surface area contributed by atoms with Crippen LogP contribution in [0.15, 0.2) is 33.9 Å². The van der Waals surface area contributed by atoms with Gasteiger partial charge in [0.2, 0.25) is 11.6 Å². The number of aryl methyl sites for hydroxylation is 1. The Labute approximate surface area is 160 Å². The summed E-state index contributed by atoms with van der Waals surface area (Å²) in [4.78, 5) is 44.9. The van der Waals surface area contributed by atoms with E-state index in [1.54, 1.807) is 19.1 Å². The van der Waals surface area contributed by atoms with Crippen molar-refractivity contribution in [1.29, 1.82) is 0 Å². The zero-order valence-corrected chi connectivity index (χ0v) is 16.1. The number of amides is 2. The predicted octanol–water partition coefficient (Wildman–Crippen LogP) is 2.56. The van der Waals surface area contributed by atoms with Gasteiger partial charge in [0.15, 0.2) is 0 Å². The summed E-state index contributed by atoms with van der Waals surface area (Å²) >= 11 is 0. The molecule has 0 saturated carbocycles. The highest BCUT2D eigenvalue weighted by Crippen LogP contribution is 2.22. The highest BCUT2D eigenvalue weighted by Gasteiger charge is 2.23. The number of carbonyl (C=O) groups excluding carboxylic acids is 2. The maximum atomic E-state index is 12.8. The monoisotopic (exact) mass is 383 g/mol. The van der Waals surface area contributed by atoms with Gasteiger partial charge in [0.1, 0.15) is 23.3 Å². The molecule has 0 aliphatic carbocycles. The van der Waals surface area contributed by atoms with Crippen LogP contribution in [0.3, 0.4) is 0 Å². The van der Waals surface area contributed by atoms with Crippen molar-refractivity contribution in [3.05, 3.63) is 46.3 Å². The van der Waals surface area contributed by atoms with Crippen molar-refractivity contribution in [2.75, 3.05) is 10.6 Å². The smallest absolute Gasteiger partial charge is 0.265 e. The van der Waals surface area contributed by atoms with Crippen molar-refractivity contribution in [2.45, 2.75) is 34.2 Å². The maximum absolute atomic E-state index is 12.8. The molecule has 3 rings (SSSR count). The second-order valence-corrected chi connectivity index (χ2v) is 6.88. The van der Waals surface area contributed by atoms with Crippen LogP contribution in [0.2, 0.25) is 0 Å². The molecule has 0 spiro atoms. The molecule has 0 aliphatic rings. The van der Waals surface area contributed by atoms with Crippen LogP contribution in [-0.2, 0) is 11.3 Å². The van der Waals surface area contributed by atoms with Gasteiger partial charge in [0.25, 0.3) is 11.5 Å². The first-order valence-corrected chi connectivity index (χ1v) is 8.79. The molecule has 0 radical (unpaired) electrons. The van der Waals surface area contributed by atoms with E-state index in [9.17, 15) is 14.4 Å². The lowest BCUT2D eigenvalue weighted by Gasteiger charge is -2.08. The molecular weight excluding hydrogens is 362 g/mol. The topological polar surface area (TPSA) is 119 Å². The zero-order valence-electron chi connectivity index (χ0n) is 16.1. The molecule has 3 aromatic heterocycles. The summed E-state index contributed by atoms with van der Waals surface area (Å²) in [5.74, 6) is 0.190. The Bertz CT molecular complexity index is 1100. The van der Waals surface area contributed by atoms with Crippen LogP contribution in [0.4, 0.5) is 11.5 Å². The van der Waals surface area contributed by atoms with Crippen LogP contribution in [0.5, 0.6) is 0 Å². The number of furan rings is 1. The lowest BCUT2D eigenvalue weighted by Crippen LogP contribution is -2.24. The number of carbonyl (C=O) groups is 2. The predicted molar refractivity (Wildman–Crippen MR) is 104 cm³/mol. The number of aromatic nitrogens is 3. The van der Waals surface area contributed by atoms with Crippen molar-refractivity contribution < 1.29 is 14.0 Å². The summed E-state index contributed by atoms with van der Waals surface area (Å²) in [7, 11) is 0. The summed E-state index contributed by atoms with van der Waals surface area (Å²) in [6.07, 6.45) is 2.84. The summed E-state index contributed by atoms with van der Waals surface area (Å²) in [6.45, 7) is 7.46. The number of pyridine rings is 1. The zero-order chi connectivity index (χ0) is 20.4. The largest absolute Gasteiger partial charge is 0.442 e. The lowest BCUT2D eigenvalue weighted by atomic mass is 10.1. The standard InChI is InChI=1S/C19H21N5O4/c1-10(2)8-24-9-21-18-16(19(24)27)15(11(3)28-18)17(26)23-13-5-6-14(20-7-13)22-12(4)25/h5-7,9-10H,8H2,1-4H3,(H,23,26)(H,20,22,25). The Balaban J connectivity index is 1.94. The number of rotatable bonds is 5. The minimum absolute atomic E-state index is 0.131. The molecule has 0 aliphatic heterocycles. The van der Waals surface area contributed by atoms with Gasteiger partial charge in [0, 0.05) is 13.5 Å². The summed E-state index contributed by atoms with van der Waals surface area (Å²) in [5, 5.41) is 5.39. The van der Waals surface area contributed by atoms with E-state index in [1.807, 2.05) is 13.8 Å². The average Bonchev–Trinajstić information content (AvgIpc) is 2.95. The number of hydrogen-bond acceptors (Lipinski definition) is 6. The van der Waals surface area contributed by atoms with Crippen LogP contribution in [0, 0.1) is 12.8 Å². The van der Waals surface area contributed by atoms with Crippen molar-refractivity contribution in [3.8, 4) is 0 Å². The molecule has 0 saturated heterocycles. The van der Waals surface area contributed by atoms with Crippen LogP contribution in [0.1, 0.15) is 36.9 Å². The fraction of sp³-hybridized carbons (Fsp3) is 0.316.